The Bertz CT molecular complexity index is 1320. The van der Waals surface area contributed by atoms with Crippen LogP contribution < -0.4 is 15.4 Å². The summed E-state index contributed by atoms with van der Waals surface area (Å²) < 4.78 is 11.9. The van der Waals surface area contributed by atoms with Crippen molar-refractivity contribution in [2.75, 3.05) is 13.7 Å². The Labute approximate surface area is 241 Å². The van der Waals surface area contributed by atoms with Gasteiger partial charge in [-0.05, 0) is 49.4 Å². The number of likely N-dealkylation sites (tertiary alicyclic amines) is 1. The highest BCUT2D eigenvalue weighted by Crippen LogP contribution is 2.59. The third-order valence-electron chi connectivity index (χ3n) is 9.39. The number of carbonyl (C=O) groups excluding carboxylic acids is 3. The summed E-state index contributed by atoms with van der Waals surface area (Å²) in [5.74, 6) is -1.32. The van der Waals surface area contributed by atoms with Crippen molar-refractivity contribution in [2.45, 2.75) is 75.3 Å². The summed E-state index contributed by atoms with van der Waals surface area (Å²) in [5, 5.41) is 6.29. The molecular formula is C33H39N3O5. The third kappa shape index (κ3) is 4.92. The molecule has 4 aliphatic rings. The fraction of sp³-hybridized carbons (Fsp3) is 0.485. The molecule has 2 bridgehead atoms. The second-order valence-corrected chi connectivity index (χ2v) is 12.0. The Balaban J connectivity index is 1.28. The van der Waals surface area contributed by atoms with E-state index in [4.69, 9.17) is 9.47 Å². The van der Waals surface area contributed by atoms with Gasteiger partial charge in [0.1, 0.15) is 17.4 Å². The number of carbonyl (C=O) groups is 3. The lowest BCUT2D eigenvalue weighted by Crippen LogP contribution is -2.55. The van der Waals surface area contributed by atoms with Crippen molar-refractivity contribution in [3.63, 3.8) is 0 Å². The number of fused-ring (bicyclic) bond motifs is 1. The number of benzene rings is 2. The molecule has 3 fully saturated rings. The summed E-state index contributed by atoms with van der Waals surface area (Å²) in [6.45, 7) is 2.54. The van der Waals surface area contributed by atoms with Crippen molar-refractivity contribution in [3.05, 3.63) is 77.9 Å². The zero-order valence-corrected chi connectivity index (χ0v) is 23.8. The summed E-state index contributed by atoms with van der Waals surface area (Å²) in [6.07, 6.45) is 9.61. The minimum absolute atomic E-state index is 0.117. The van der Waals surface area contributed by atoms with Gasteiger partial charge >= 0.3 is 0 Å². The SMILES string of the molecule is COc1ccc(CCN2C(=O)[C@@H]3[C@H](C(=O)NC4CCCCC4)[C@]4(C)C=C[C@@]3(O4)[C@H]2C(=O)NCc2ccccc2)cc1. The summed E-state index contributed by atoms with van der Waals surface area (Å²) in [5.41, 5.74) is -0.149. The van der Waals surface area contributed by atoms with Crippen molar-refractivity contribution in [1.29, 1.82) is 0 Å². The van der Waals surface area contributed by atoms with Gasteiger partial charge in [-0.25, -0.2) is 0 Å². The van der Waals surface area contributed by atoms with Gasteiger partial charge < -0.3 is 25.0 Å². The van der Waals surface area contributed by atoms with E-state index in [-0.39, 0.29) is 23.8 Å². The molecule has 2 aromatic carbocycles. The molecule has 1 aliphatic carbocycles. The highest BCUT2D eigenvalue weighted by molar-refractivity contribution is 6.00. The fourth-order valence-corrected chi connectivity index (χ4v) is 7.33. The Morgan fingerprint density at radius 2 is 1.71 bits per heavy atom. The van der Waals surface area contributed by atoms with E-state index in [1.165, 1.54) is 6.42 Å². The van der Waals surface area contributed by atoms with E-state index in [1.54, 1.807) is 12.0 Å². The van der Waals surface area contributed by atoms with E-state index in [0.717, 1.165) is 42.6 Å². The van der Waals surface area contributed by atoms with Gasteiger partial charge in [0.25, 0.3) is 0 Å². The van der Waals surface area contributed by atoms with Crippen LogP contribution in [0.25, 0.3) is 0 Å². The highest BCUT2D eigenvalue weighted by atomic mass is 16.5. The molecule has 8 nitrogen and oxygen atoms in total. The first-order valence-corrected chi connectivity index (χ1v) is 14.8. The molecule has 3 amide bonds. The van der Waals surface area contributed by atoms with Crippen LogP contribution >= 0.6 is 0 Å². The van der Waals surface area contributed by atoms with E-state index in [0.29, 0.717) is 19.5 Å². The molecule has 8 heteroatoms. The largest absolute Gasteiger partial charge is 0.497 e. The molecule has 216 valence electrons. The van der Waals surface area contributed by atoms with Crippen molar-refractivity contribution in [2.24, 2.45) is 11.8 Å². The Morgan fingerprint density at radius 1 is 0.976 bits per heavy atom. The van der Waals surface area contributed by atoms with Gasteiger partial charge in [-0.2, -0.15) is 0 Å². The molecule has 1 spiro atoms. The van der Waals surface area contributed by atoms with Crippen LogP contribution in [0.3, 0.4) is 0 Å². The first-order chi connectivity index (χ1) is 19.8. The van der Waals surface area contributed by atoms with Crippen molar-refractivity contribution >= 4 is 17.7 Å². The van der Waals surface area contributed by atoms with Crippen LogP contribution in [-0.2, 0) is 32.1 Å². The lowest BCUT2D eigenvalue weighted by molar-refractivity contribution is -0.145. The van der Waals surface area contributed by atoms with Crippen molar-refractivity contribution < 1.29 is 23.9 Å². The van der Waals surface area contributed by atoms with Gasteiger partial charge in [0.05, 0.1) is 24.5 Å². The van der Waals surface area contributed by atoms with Gasteiger partial charge in [0.2, 0.25) is 17.7 Å². The summed E-state index contributed by atoms with van der Waals surface area (Å²) in [7, 11) is 1.62. The molecule has 0 aromatic heterocycles. The number of amides is 3. The van der Waals surface area contributed by atoms with Crippen molar-refractivity contribution in [1.82, 2.24) is 15.5 Å². The van der Waals surface area contributed by atoms with Crippen LogP contribution in [0.15, 0.2) is 66.7 Å². The average molecular weight is 558 g/mol. The summed E-state index contributed by atoms with van der Waals surface area (Å²) >= 11 is 0. The molecule has 0 radical (unpaired) electrons. The van der Waals surface area contributed by atoms with Crippen LogP contribution in [0.2, 0.25) is 0 Å². The molecule has 2 aromatic rings. The van der Waals surface area contributed by atoms with Gasteiger partial charge in [-0.1, -0.05) is 73.9 Å². The summed E-state index contributed by atoms with van der Waals surface area (Å²) in [6, 6.07) is 16.6. The zero-order chi connectivity index (χ0) is 28.6. The number of nitrogens with zero attached hydrogens (tertiary/aromatic N) is 1. The average Bonchev–Trinajstić information content (AvgIpc) is 3.56. The summed E-state index contributed by atoms with van der Waals surface area (Å²) in [4.78, 5) is 43.7. The Morgan fingerprint density at radius 3 is 2.41 bits per heavy atom. The van der Waals surface area contributed by atoms with Crippen LogP contribution in [0.5, 0.6) is 5.75 Å². The minimum atomic E-state index is -1.19. The third-order valence-corrected chi connectivity index (χ3v) is 9.39. The van der Waals surface area contributed by atoms with E-state index in [9.17, 15) is 14.4 Å². The first kappa shape index (κ1) is 27.5. The van der Waals surface area contributed by atoms with Gasteiger partial charge in [0.15, 0.2) is 0 Å². The molecule has 3 aliphatic heterocycles. The van der Waals surface area contributed by atoms with Crippen LogP contribution in [0, 0.1) is 11.8 Å². The van der Waals surface area contributed by atoms with E-state index in [2.05, 4.69) is 10.6 Å². The smallest absolute Gasteiger partial charge is 0.246 e. The lowest BCUT2D eigenvalue weighted by Gasteiger charge is -2.33. The van der Waals surface area contributed by atoms with Gasteiger partial charge in [0, 0.05) is 19.1 Å². The first-order valence-electron chi connectivity index (χ1n) is 14.8. The predicted molar refractivity (Wildman–Crippen MR) is 154 cm³/mol. The van der Waals surface area contributed by atoms with Gasteiger partial charge in [-0.15, -0.1) is 0 Å². The van der Waals surface area contributed by atoms with E-state index in [1.807, 2.05) is 73.7 Å². The lowest BCUT2D eigenvalue weighted by atomic mass is 9.70. The molecule has 6 rings (SSSR count). The number of nitrogens with one attached hydrogen (secondary N) is 2. The quantitative estimate of drug-likeness (QED) is 0.460. The maximum absolute atomic E-state index is 14.3. The van der Waals surface area contributed by atoms with Crippen LogP contribution in [0.4, 0.5) is 0 Å². The molecule has 2 N–H and O–H groups in total. The zero-order valence-electron chi connectivity index (χ0n) is 23.8. The molecule has 5 atom stereocenters. The highest BCUT2D eigenvalue weighted by Gasteiger charge is 2.76. The predicted octanol–water partition coefficient (Wildman–Crippen LogP) is 3.54. The van der Waals surface area contributed by atoms with Crippen LogP contribution in [0.1, 0.15) is 50.2 Å². The Hall–Kier alpha value is -3.65. The number of methoxy groups -OCH3 is 1. The second kappa shape index (κ2) is 11.0. The second-order valence-electron chi connectivity index (χ2n) is 12.0. The van der Waals surface area contributed by atoms with E-state index >= 15 is 0 Å². The number of ether oxygens (including phenoxy) is 2. The Kier molecular flexibility index (Phi) is 7.36. The normalized spacial score (nSPS) is 30.3. The van der Waals surface area contributed by atoms with Crippen molar-refractivity contribution in [3.8, 4) is 5.75 Å². The molecular weight excluding hydrogens is 518 g/mol. The van der Waals surface area contributed by atoms with Gasteiger partial charge in [-0.3, -0.25) is 14.4 Å². The number of hydrogen-bond donors (Lipinski definition) is 2. The number of rotatable bonds is 9. The molecule has 2 saturated heterocycles. The minimum Gasteiger partial charge on any atom is -0.497 e. The maximum Gasteiger partial charge on any atom is 0.246 e. The fourth-order valence-electron chi connectivity index (χ4n) is 7.33. The standard InChI is InChI=1S/C33H39N3O5/c1-32-18-19-33(41-32)27(26(32)29(37)35-24-11-7-4-8-12-24)31(39)36(20-17-22-13-15-25(40-2)16-14-22)28(33)30(38)34-21-23-9-5-3-6-10-23/h3,5-6,9-10,13-16,18-19,24,26-28H,4,7-8,11-12,17,20-21H2,1-2H3,(H,34,38)(H,35,37)/t26-,27+,28-,32+,33+/m1/s1. The molecule has 1 saturated carbocycles. The monoisotopic (exact) mass is 557 g/mol. The molecule has 3 heterocycles. The topological polar surface area (TPSA) is 97.0 Å². The molecule has 0 unspecified atom stereocenters. The number of hydrogen-bond acceptors (Lipinski definition) is 5. The van der Waals surface area contributed by atoms with E-state index < -0.39 is 29.1 Å². The van der Waals surface area contributed by atoms with Crippen LogP contribution in [-0.4, -0.2) is 59.6 Å². The maximum atomic E-state index is 14.3. The molecule has 41 heavy (non-hydrogen) atoms.